The van der Waals surface area contributed by atoms with Gasteiger partial charge in [0, 0.05) is 11.7 Å². The first-order chi connectivity index (χ1) is 7.52. The van der Waals surface area contributed by atoms with Crippen molar-refractivity contribution in [1.82, 2.24) is 9.97 Å². The van der Waals surface area contributed by atoms with Crippen LogP contribution in [0.5, 0.6) is 0 Å². The Bertz CT molecular complexity index is 404. The number of aromatic carboxylic acids is 1. The van der Waals surface area contributed by atoms with Crippen LogP contribution < -0.4 is 5.32 Å². The van der Waals surface area contributed by atoms with E-state index in [2.05, 4.69) is 21.9 Å². The quantitative estimate of drug-likeness (QED) is 0.742. The number of hydrogen-bond acceptors (Lipinski definition) is 4. The van der Waals surface area contributed by atoms with E-state index in [1.165, 1.54) is 6.07 Å². The van der Waals surface area contributed by atoms with E-state index >= 15 is 0 Å². The van der Waals surface area contributed by atoms with Gasteiger partial charge in [-0.05, 0) is 26.3 Å². The third kappa shape index (κ3) is 3.34. The highest BCUT2D eigenvalue weighted by molar-refractivity contribution is 5.85. The highest BCUT2D eigenvalue weighted by Crippen LogP contribution is 2.07. The van der Waals surface area contributed by atoms with Crippen molar-refractivity contribution in [3.8, 4) is 0 Å². The number of carboxylic acid groups (broad SMARTS) is 1. The minimum absolute atomic E-state index is 0.000744. The van der Waals surface area contributed by atoms with Gasteiger partial charge in [-0.3, -0.25) is 0 Å². The molecule has 2 N–H and O–H groups in total. The molecular formula is C11H15N3O2. The molecule has 0 aromatic carbocycles. The Balaban J connectivity index is 2.87. The second-order valence-corrected chi connectivity index (χ2v) is 3.59. The highest BCUT2D eigenvalue weighted by atomic mass is 16.4. The van der Waals surface area contributed by atoms with Crippen molar-refractivity contribution in [2.24, 2.45) is 0 Å². The zero-order chi connectivity index (χ0) is 12.1. The van der Waals surface area contributed by atoms with E-state index in [9.17, 15) is 4.79 Å². The number of nitrogens with one attached hydrogen (secondary N) is 1. The van der Waals surface area contributed by atoms with E-state index in [1.807, 2.05) is 6.92 Å². The molecular weight excluding hydrogens is 206 g/mol. The summed E-state index contributed by atoms with van der Waals surface area (Å²) in [6, 6.07) is 1.56. The fourth-order valence-electron chi connectivity index (χ4n) is 1.27. The molecule has 1 atom stereocenters. The molecule has 0 radical (unpaired) electrons. The van der Waals surface area contributed by atoms with E-state index in [0.717, 1.165) is 6.42 Å². The van der Waals surface area contributed by atoms with Gasteiger partial charge in [-0.1, -0.05) is 6.08 Å². The number of carboxylic acids is 1. The van der Waals surface area contributed by atoms with Gasteiger partial charge in [-0.2, -0.15) is 0 Å². The zero-order valence-electron chi connectivity index (χ0n) is 9.40. The third-order valence-electron chi connectivity index (χ3n) is 1.97. The lowest BCUT2D eigenvalue weighted by Gasteiger charge is -2.12. The smallest absolute Gasteiger partial charge is 0.354 e. The van der Waals surface area contributed by atoms with Crippen molar-refractivity contribution >= 4 is 11.9 Å². The standard InChI is InChI=1S/C11H15N3O2/c1-4-5-7(2)12-11-13-8(3)6-9(14-11)10(15)16/h4,6-7H,1,5H2,2-3H3,(H,15,16)(H,12,13,14). The van der Waals surface area contributed by atoms with Crippen molar-refractivity contribution in [2.75, 3.05) is 5.32 Å². The summed E-state index contributed by atoms with van der Waals surface area (Å²) >= 11 is 0. The lowest BCUT2D eigenvalue weighted by atomic mass is 10.2. The first-order valence-corrected chi connectivity index (χ1v) is 4.99. The number of aryl methyl sites for hydroxylation is 1. The molecule has 0 saturated heterocycles. The molecule has 5 heteroatoms. The minimum atomic E-state index is -1.05. The van der Waals surface area contributed by atoms with Gasteiger partial charge < -0.3 is 10.4 Å². The molecule has 0 aliphatic carbocycles. The monoisotopic (exact) mass is 221 g/mol. The van der Waals surface area contributed by atoms with Gasteiger partial charge in [0.2, 0.25) is 5.95 Å². The summed E-state index contributed by atoms with van der Waals surface area (Å²) < 4.78 is 0. The van der Waals surface area contributed by atoms with Crippen LogP contribution in [0.1, 0.15) is 29.5 Å². The van der Waals surface area contributed by atoms with Crippen molar-refractivity contribution < 1.29 is 9.90 Å². The summed E-state index contributed by atoms with van der Waals surface area (Å²) in [7, 11) is 0. The second kappa shape index (κ2) is 5.25. The molecule has 1 heterocycles. The van der Waals surface area contributed by atoms with Gasteiger partial charge in [0.15, 0.2) is 5.69 Å². The lowest BCUT2D eigenvalue weighted by molar-refractivity contribution is 0.0690. The molecule has 1 unspecified atom stereocenters. The lowest BCUT2D eigenvalue weighted by Crippen LogP contribution is -2.17. The van der Waals surface area contributed by atoms with E-state index in [4.69, 9.17) is 5.11 Å². The molecule has 0 aliphatic heterocycles. The fourth-order valence-corrected chi connectivity index (χ4v) is 1.27. The number of aromatic nitrogens is 2. The van der Waals surface area contributed by atoms with Crippen molar-refractivity contribution in [3.63, 3.8) is 0 Å². The Morgan fingerprint density at radius 1 is 1.69 bits per heavy atom. The summed E-state index contributed by atoms with van der Waals surface area (Å²) in [6.45, 7) is 7.32. The molecule has 1 rings (SSSR count). The summed E-state index contributed by atoms with van der Waals surface area (Å²) in [4.78, 5) is 18.8. The molecule has 0 amide bonds. The Kier molecular flexibility index (Phi) is 3.99. The van der Waals surface area contributed by atoms with Crippen molar-refractivity contribution in [2.45, 2.75) is 26.3 Å². The molecule has 0 bridgehead atoms. The number of nitrogens with zero attached hydrogens (tertiary/aromatic N) is 2. The van der Waals surface area contributed by atoms with E-state index < -0.39 is 5.97 Å². The van der Waals surface area contributed by atoms with Crippen LogP contribution >= 0.6 is 0 Å². The van der Waals surface area contributed by atoms with Crippen LogP contribution in [0.15, 0.2) is 18.7 Å². The molecule has 0 spiro atoms. The summed E-state index contributed by atoms with van der Waals surface area (Å²) in [5.74, 6) is -0.711. The van der Waals surface area contributed by atoms with E-state index in [0.29, 0.717) is 11.6 Å². The van der Waals surface area contributed by atoms with Crippen LogP contribution in [-0.4, -0.2) is 27.1 Å². The molecule has 0 saturated carbocycles. The molecule has 0 fully saturated rings. The second-order valence-electron chi connectivity index (χ2n) is 3.59. The highest BCUT2D eigenvalue weighted by Gasteiger charge is 2.09. The zero-order valence-corrected chi connectivity index (χ0v) is 9.40. The summed E-state index contributed by atoms with van der Waals surface area (Å²) in [5, 5.41) is 11.9. The molecule has 16 heavy (non-hydrogen) atoms. The number of anilines is 1. The maximum atomic E-state index is 10.8. The Morgan fingerprint density at radius 3 is 2.94 bits per heavy atom. The fraction of sp³-hybridized carbons (Fsp3) is 0.364. The predicted octanol–water partition coefficient (Wildman–Crippen LogP) is 1.86. The Morgan fingerprint density at radius 2 is 2.38 bits per heavy atom. The van der Waals surface area contributed by atoms with Gasteiger partial charge in [0.05, 0.1) is 0 Å². The minimum Gasteiger partial charge on any atom is -0.477 e. The molecule has 0 aliphatic rings. The van der Waals surface area contributed by atoms with Crippen LogP contribution in [0.3, 0.4) is 0 Å². The van der Waals surface area contributed by atoms with Crippen LogP contribution in [0.25, 0.3) is 0 Å². The molecule has 5 nitrogen and oxygen atoms in total. The van der Waals surface area contributed by atoms with Crippen molar-refractivity contribution in [1.29, 1.82) is 0 Å². The third-order valence-corrected chi connectivity index (χ3v) is 1.97. The maximum absolute atomic E-state index is 10.8. The average Bonchev–Trinajstić information content (AvgIpc) is 2.16. The van der Waals surface area contributed by atoms with Crippen molar-refractivity contribution in [3.05, 3.63) is 30.1 Å². The first kappa shape index (κ1) is 12.2. The molecule has 1 aromatic rings. The largest absolute Gasteiger partial charge is 0.477 e. The topological polar surface area (TPSA) is 75.1 Å². The predicted molar refractivity (Wildman–Crippen MR) is 61.6 cm³/mol. The maximum Gasteiger partial charge on any atom is 0.354 e. The van der Waals surface area contributed by atoms with Gasteiger partial charge in [-0.15, -0.1) is 6.58 Å². The number of carbonyl (C=O) groups is 1. The van der Waals surface area contributed by atoms with Crippen LogP contribution in [0.4, 0.5) is 5.95 Å². The Hall–Kier alpha value is -1.91. The average molecular weight is 221 g/mol. The van der Waals surface area contributed by atoms with Gasteiger partial charge >= 0.3 is 5.97 Å². The van der Waals surface area contributed by atoms with Gasteiger partial charge in [0.25, 0.3) is 0 Å². The SMILES string of the molecule is C=CCC(C)Nc1nc(C)cc(C(=O)O)n1. The normalized spacial score (nSPS) is 11.9. The van der Waals surface area contributed by atoms with Gasteiger partial charge in [0.1, 0.15) is 0 Å². The van der Waals surface area contributed by atoms with E-state index in [-0.39, 0.29) is 11.7 Å². The number of rotatable bonds is 5. The van der Waals surface area contributed by atoms with E-state index in [1.54, 1.807) is 13.0 Å². The summed E-state index contributed by atoms with van der Waals surface area (Å²) in [6.07, 6.45) is 2.55. The molecule has 1 aromatic heterocycles. The van der Waals surface area contributed by atoms with Gasteiger partial charge in [-0.25, -0.2) is 14.8 Å². The first-order valence-electron chi connectivity index (χ1n) is 4.99. The Labute approximate surface area is 94.2 Å². The molecule has 86 valence electrons. The number of hydrogen-bond donors (Lipinski definition) is 2. The summed E-state index contributed by atoms with van der Waals surface area (Å²) in [5.41, 5.74) is 0.626. The van der Waals surface area contributed by atoms with Crippen LogP contribution in [0.2, 0.25) is 0 Å². The van der Waals surface area contributed by atoms with Crippen LogP contribution in [-0.2, 0) is 0 Å². The van der Waals surface area contributed by atoms with Crippen LogP contribution in [0, 0.1) is 6.92 Å².